The van der Waals surface area contributed by atoms with E-state index < -0.39 is 42.3 Å². The molecular formula is C11H14N2O7. The van der Waals surface area contributed by atoms with Gasteiger partial charge in [0.15, 0.2) is 0 Å². The van der Waals surface area contributed by atoms with E-state index in [1.165, 1.54) is 0 Å². The highest BCUT2D eigenvalue weighted by atomic mass is 16.5. The largest absolute Gasteiger partial charge is 0.464 e. The zero-order chi connectivity index (χ0) is 14.9. The number of aromatic nitrogens is 2. The molecule has 0 amide bonds. The second-order valence-electron chi connectivity index (χ2n) is 4.30. The first-order chi connectivity index (χ1) is 9.47. The summed E-state index contributed by atoms with van der Waals surface area (Å²) < 4.78 is 10.7. The number of nitrogens with one attached hydrogen (secondary N) is 1. The summed E-state index contributed by atoms with van der Waals surface area (Å²) in [5.41, 5.74) is -1.88. The van der Waals surface area contributed by atoms with Gasteiger partial charge in [-0.3, -0.25) is 14.3 Å². The lowest BCUT2D eigenvalue weighted by atomic mass is 10.2. The minimum Gasteiger partial charge on any atom is -0.464 e. The van der Waals surface area contributed by atoms with Gasteiger partial charge in [0.05, 0.1) is 19.8 Å². The summed E-state index contributed by atoms with van der Waals surface area (Å²) in [5.74, 6) is -0.876. The van der Waals surface area contributed by atoms with Gasteiger partial charge in [0.1, 0.15) is 18.0 Å². The third kappa shape index (κ3) is 2.50. The Morgan fingerprint density at radius 1 is 1.60 bits per heavy atom. The molecule has 1 aromatic heterocycles. The molecule has 0 spiro atoms. The van der Waals surface area contributed by atoms with Crippen molar-refractivity contribution >= 4 is 5.97 Å². The number of ether oxygens (including phenoxy) is 2. The van der Waals surface area contributed by atoms with Gasteiger partial charge in [-0.15, -0.1) is 0 Å². The van der Waals surface area contributed by atoms with Crippen LogP contribution in [0.1, 0.15) is 23.1 Å². The van der Waals surface area contributed by atoms with Crippen LogP contribution in [0.3, 0.4) is 0 Å². The smallest absolute Gasteiger partial charge is 0.355 e. The fraction of sp³-hybridized carbons (Fsp3) is 0.545. The van der Waals surface area contributed by atoms with Crippen LogP contribution in [0, 0.1) is 0 Å². The Labute approximate surface area is 112 Å². The zero-order valence-electron chi connectivity index (χ0n) is 10.6. The van der Waals surface area contributed by atoms with Crippen LogP contribution in [0.4, 0.5) is 0 Å². The summed E-state index contributed by atoms with van der Waals surface area (Å²) in [7, 11) is 1.11. The Morgan fingerprint density at radius 2 is 2.30 bits per heavy atom. The van der Waals surface area contributed by atoms with Crippen molar-refractivity contribution in [2.45, 2.75) is 24.9 Å². The van der Waals surface area contributed by atoms with E-state index in [1.807, 2.05) is 4.98 Å². The number of carbonyl (C=O) groups is 1. The number of aliphatic hydroxyl groups excluding tert-OH is 2. The van der Waals surface area contributed by atoms with E-state index in [4.69, 9.17) is 9.84 Å². The summed E-state index contributed by atoms with van der Waals surface area (Å²) in [6.45, 7) is -0.427. The van der Waals surface area contributed by atoms with Gasteiger partial charge in [-0.2, -0.15) is 0 Å². The van der Waals surface area contributed by atoms with Crippen molar-refractivity contribution in [3.05, 3.63) is 32.6 Å². The van der Waals surface area contributed by atoms with Gasteiger partial charge in [-0.1, -0.05) is 0 Å². The number of methoxy groups -OCH3 is 1. The van der Waals surface area contributed by atoms with Crippen molar-refractivity contribution in [2.24, 2.45) is 0 Å². The van der Waals surface area contributed by atoms with Gasteiger partial charge >= 0.3 is 11.7 Å². The quantitative estimate of drug-likeness (QED) is 0.546. The lowest BCUT2D eigenvalue weighted by Crippen LogP contribution is -2.36. The average molecular weight is 286 g/mol. The molecule has 3 atom stereocenters. The van der Waals surface area contributed by atoms with Crippen LogP contribution in [0.25, 0.3) is 0 Å². The van der Waals surface area contributed by atoms with Crippen molar-refractivity contribution in [2.75, 3.05) is 13.7 Å². The molecule has 9 nitrogen and oxygen atoms in total. The maximum atomic E-state index is 11.8. The maximum Gasteiger partial charge on any atom is 0.355 e. The fourth-order valence-electron chi connectivity index (χ4n) is 2.09. The van der Waals surface area contributed by atoms with Crippen LogP contribution in [-0.2, 0) is 9.47 Å². The molecule has 0 unspecified atom stereocenters. The summed E-state index contributed by atoms with van der Waals surface area (Å²) in [5, 5.41) is 18.7. The van der Waals surface area contributed by atoms with E-state index in [1.54, 1.807) is 0 Å². The predicted molar refractivity (Wildman–Crippen MR) is 64.3 cm³/mol. The Bertz CT molecular complexity index is 620. The van der Waals surface area contributed by atoms with Crippen LogP contribution in [0.15, 0.2) is 15.7 Å². The molecule has 0 aromatic carbocycles. The van der Waals surface area contributed by atoms with Crippen LogP contribution in [0.2, 0.25) is 0 Å². The Kier molecular flexibility index (Phi) is 4.02. The molecule has 1 aliphatic heterocycles. The van der Waals surface area contributed by atoms with E-state index in [-0.39, 0.29) is 12.1 Å². The molecule has 2 rings (SSSR count). The molecule has 0 radical (unpaired) electrons. The summed E-state index contributed by atoms with van der Waals surface area (Å²) in [6.07, 6.45) is -2.81. The van der Waals surface area contributed by atoms with Crippen molar-refractivity contribution < 1.29 is 24.5 Å². The number of carbonyl (C=O) groups excluding carboxylic acids is 1. The van der Waals surface area contributed by atoms with Gasteiger partial charge in [0.2, 0.25) is 0 Å². The Morgan fingerprint density at radius 3 is 2.85 bits per heavy atom. The van der Waals surface area contributed by atoms with E-state index in [0.29, 0.717) is 0 Å². The van der Waals surface area contributed by atoms with Crippen LogP contribution < -0.4 is 11.2 Å². The first kappa shape index (κ1) is 14.4. The van der Waals surface area contributed by atoms with Crippen LogP contribution in [0.5, 0.6) is 0 Å². The highest BCUT2D eigenvalue weighted by molar-refractivity contribution is 5.87. The van der Waals surface area contributed by atoms with Gasteiger partial charge in [-0.25, -0.2) is 9.59 Å². The second kappa shape index (κ2) is 5.57. The number of hydrogen-bond acceptors (Lipinski definition) is 7. The topological polar surface area (TPSA) is 131 Å². The van der Waals surface area contributed by atoms with Crippen molar-refractivity contribution in [1.29, 1.82) is 0 Å². The number of rotatable bonds is 3. The standard InChI is InChI=1S/C11H14N2O7/c1-19-10(17)5-2-8(16)12-11(18)13(5)9-3-6(15)7(4-14)20-9/h2,6-7,9,14-15H,3-4H2,1H3,(H,12,16,18)/t6-,7+,9+/m0/s1. The van der Waals surface area contributed by atoms with Gasteiger partial charge in [-0.05, 0) is 0 Å². The number of esters is 1. The molecule has 110 valence electrons. The van der Waals surface area contributed by atoms with Gasteiger partial charge < -0.3 is 19.7 Å². The molecule has 1 fully saturated rings. The molecule has 3 N–H and O–H groups in total. The molecule has 0 bridgehead atoms. The van der Waals surface area contributed by atoms with E-state index in [0.717, 1.165) is 17.7 Å². The zero-order valence-corrected chi connectivity index (χ0v) is 10.6. The number of aromatic amines is 1. The predicted octanol–water partition coefficient (Wildman–Crippen LogP) is -2.04. The van der Waals surface area contributed by atoms with E-state index >= 15 is 0 Å². The number of aliphatic hydroxyl groups is 2. The molecule has 0 aliphatic carbocycles. The Hall–Kier alpha value is -1.97. The average Bonchev–Trinajstić information content (AvgIpc) is 2.77. The van der Waals surface area contributed by atoms with Crippen LogP contribution >= 0.6 is 0 Å². The SMILES string of the molecule is COC(=O)c1cc(=O)[nH]c(=O)n1[C@H]1C[C@H](O)[C@@H](CO)O1. The van der Waals surface area contributed by atoms with Crippen molar-refractivity contribution in [3.8, 4) is 0 Å². The number of hydrogen-bond donors (Lipinski definition) is 3. The van der Waals surface area contributed by atoms with Gasteiger partial charge in [0, 0.05) is 12.5 Å². The summed E-state index contributed by atoms with van der Waals surface area (Å²) in [6, 6.07) is 0.912. The molecule has 9 heteroatoms. The molecule has 2 heterocycles. The number of H-pyrrole nitrogens is 1. The Balaban J connectivity index is 2.49. The first-order valence-corrected chi connectivity index (χ1v) is 5.86. The minimum atomic E-state index is -0.977. The molecule has 1 aromatic rings. The normalized spacial score (nSPS) is 25.6. The second-order valence-corrected chi connectivity index (χ2v) is 4.30. The lowest BCUT2D eigenvalue weighted by molar-refractivity contribution is -0.0469. The van der Waals surface area contributed by atoms with E-state index in [2.05, 4.69) is 4.74 Å². The monoisotopic (exact) mass is 286 g/mol. The minimum absolute atomic E-state index is 0.00116. The third-order valence-corrected chi connectivity index (χ3v) is 3.04. The molecular weight excluding hydrogens is 272 g/mol. The van der Waals surface area contributed by atoms with Crippen LogP contribution in [-0.4, -0.2) is 51.7 Å². The number of nitrogens with zero attached hydrogens (tertiary/aromatic N) is 1. The van der Waals surface area contributed by atoms with E-state index in [9.17, 15) is 19.5 Å². The highest BCUT2D eigenvalue weighted by Crippen LogP contribution is 2.28. The van der Waals surface area contributed by atoms with Gasteiger partial charge in [0.25, 0.3) is 5.56 Å². The lowest BCUT2D eigenvalue weighted by Gasteiger charge is -2.17. The summed E-state index contributed by atoms with van der Waals surface area (Å²) >= 11 is 0. The first-order valence-electron chi connectivity index (χ1n) is 5.86. The highest BCUT2D eigenvalue weighted by Gasteiger charge is 2.36. The summed E-state index contributed by atoms with van der Waals surface area (Å²) in [4.78, 5) is 36.8. The van der Waals surface area contributed by atoms with Crippen molar-refractivity contribution in [1.82, 2.24) is 9.55 Å². The molecule has 0 saturated carbocycles. The molecule has 1 aliphatic rings. The fourth-order valence-corrected chi connectivity index (χ4v) is 2.09. The maximum absolute atomic E-state index is 11.8. The molecule has 20 heavy (non-hydrogen) atoms. The van der Waals surface area contributed by atoms with Crippen molar-refractivity contribution in [3.63, 3.8) is 0 Å². The molecule has 1 saturated heterocycles. The third-order valence-electron chi connectivity index (χ3n) is 3.04.